The Hall–Kier alpha value is -1.59. The van der Waals surface area contributed by atoms with Gasteiger partial charge in [0.15, 0.2) is 0 Å². The molecule has 0 heterocycles. The quantitative estimate of drug-likeness (QED) is 0.873. The van der Waals surface area contributed by atoms with Crippen LogP contribution < -0.4 is 15.8 Å². The molecule has 2 aromatic rings. The van der Waals surface area contributed by atoms with E-state index in [1.807, 2.05) is 24.3 Å². The molecule has 2 rings (SSSR count). The normalized spacial score (nSPS) is 12.0. The number of hydrogen-bond acceptors (Lipinski definition) is 3. The maximum Gasteiger partial charge on any atom is 0.141 e. The van der Waals surface area contributed by atoms with Gasteiger partial charge in [-0.15, -0.1) is 0 Å². The van der Waals surface area contributed by atoms with Crippen LogP contribution in [0.3, 0.4) is 0 Å². The molecule has 0 saturated carbocycles. The van der Waals surface area contributed by atoms with Gasteiger partial charge in [-0.2, -0.15) is 0 Å². The summed E-state index contributed by atoms with van der Waals surface area (Å²) in [5, 5.41) is 3.22. The highest BCUT2D eigenvalue weighted by molar-refractivity contribution is 9.10. The molecule has 106 valence electrons. The van der Waals surface area contributed by atoms with Gasteiger partial charge in [0.1, 0.15) is 11.6 Å². The van der Waals surface area contributed by atoms with Gasteiger partial charge in [0.25, 0.3) is 0 Å². The lowest BCUT2D eigenvalue weighted by molar-refractivity contribution is 0.416. The van der Waals surface area contributed by atoms with Crippen LogP contribution in [-0.4, -0.2) is 13.7 Å². The summed E-state index contributed by atoms with van der Waals surface area (Å²) in [7, 11) is 1.59. The van der Waals surface area contributed by atoms with E-state index in [0.717, 1.165) is 10.2 Å². The van der Waals surface area contributed by atoms with Gasteiger partial charge in [0, 0.05) is 16.6 Å². The van der Waals surface area contributed by atoms with Gasteiger partial charge in [-0.25, -0.2) is 4.39 Å². The van der Waals surface area contributed by atoms with E-state index < -0.39 is 0 Å². The van der Waals surface area contributed by atoms with Crippen LogP contribution in [0, 0.1) is 5.82 Å². The van der Waals surface area contributed by atoms with Crippen molar-refractivity contribution in [1.29, 1.82) is 0 Å². The first-order valence-electron chi connectivity index (χ1n) is 6.20. The lowest BCUT2D eigenvalue weighted by Gasteiger charge is -2.21. The smallest absolute Gasteiger partial charge is 0.141 e. The molecule has 0 radical (unpaired) electrons. The van der Waals surface area contributed by atoms with Gasteiger partial charge in [-0.3, -0.25) is 0 Å². The van der Waals surface area contributed by atoms with Crippen LogP contribution in [0.5, 0.6) is 5.75 Å². The van der Waals surface area contributed by atoms with Crippen molar-refractivity contribution in [2.45, 2.75) is 6.04 Å². The molecule has 1 atom stereocenters. The van der Waals surface area contributed by atoms with E-state index in [-0.39, 0.29) is 18.4 Å². The molecule has 5 heteroatoms. The zero-order valence-electron chi connectivity index (χ0n) is 11.1. The highest BCUT2D eigenvalue weighted by Gasteiger charge is 2.16. The van der Waals surface area contributed by atoms with Crippen LogP contribution in [-0.2, 0) is 0 Å². The molecule has 0 saturated heterocycles. The highest BCUT2D eigenvalue weighted by Crippen LogP contribution is 2.29. The molecule has 0 amide bonds. The fourth-order valence-corrected chi connectivity index (χ4v) is 2.38. The lowest BCUT2D eigenvalue weighted by atomic mass is 10.1. The minimum absolute atomic E-state index is 0.269. The van der Waals surface area contributed by atoms with Crippen molar-refractivity contribution < 1.29 is 9.13 Å². The summed E-state index contributed by atoms with van der Waals surface area (Å²) < 4.78 is 20.0. The fourth-order valence-electron chi connectivity index (χ4n) is 2.00. The van der Waals surface area contributed by atoms with Crippen LogP contribution in [0.25, 0.3) is 0 Å². The third kappa shape index (κ3) is 3.29. The second-order valence-electron chi connectivity index (χ2n) is 4.30. The van der Waals surface area contributed by atoms with Gasteiger partial charge in [-0.1, -0.05) is 28.1 Å². The Morgan fingerprint density at radius 3 is 2.75 bits per heavy atom. The summed E-state index contributed by atoms with van der Waals surface area (Å²) in [6, 6.07) is 12.0. The van der Waals surface area contributed by atoms with E-state index in [4.69, 9.17) is 10.5 Å². The topological polar surface area (TPSA) is 47.3 Å². The highest BCUT2D eigenvalue weighted by atomic mass is 79.9. The van der Waals surface area contributed by atoms with Crippen LogP contribution in [0.15, 0.2) is 46.9 Å². The minimum Gasteiger partial charge on any atom is -0.495 e. The predicted molar refractivity (Wildman–Crippen MR) is 82.5 cm³/mol. The van der Waals surface area contributed by atoms with Crippen LogP contribution in [0.1, 0.15) is 11.6 Å². The molecule has 0 bridgehead atoms. The lowest BCUT2D eigenvalue weighted by Crippen LogP contribution is -2.22. The van der Waals surface area contributed by atoms with Crippen LogP contribution >= 0.6 is 15.9 Å². The second kappa shape index (κ2) is 6.72. The molecule has 0 aliphatic carbocycles. The van der Waals surface area contributed by atoms with Crippen molar-refractivity contribution in [2.75, 3.05) is 19.0 Å². The van der Waals surface area contributed by atoms with Crippen molar-refractivity contribution in [3.63, 3.8) is 0 Å². The number of anilines is 1. The molecular weight excluding hydrogens is 323 g/mol. The molecule has 20 heavy (non-hydrogen) atoms. The molecule has 0 fully saturated rings. The fraction of sp³-hybridized carbons (Fsp3) is 0.200. The van der Waals surface area contributed by atoms with Gasteiger partial charge in [-0.05, 0) is 30.3 Å². The Morgan fingerprint density at radius 1 is 1.30 bits per heavy atom. The Bertz CT molecular complexity index is 592. The van der Waals surface area contributed by atoms with Gasteiger partial charge in [0.2, 0.25) is 0 Å². The Morgan fingerprint density at radius 2 is 2.05 bits per heavy atom. The molecule has 3 nitrogen and oxygen atoms in total. The van der Waals surface area contributed by atoms with Gasteiger partial charge in [0.05, 0.1) is 18.8 Å². The molecule has 0 aromatic heterocycles. The minimum atomic E-state index is -0.330. The third-order valence-corrected chi connectivity index (χ3v) is 3.50. The average molecular weight is 339 g/mol. The van der Waals surface area contributed by atoms with Crippen LogP contribution in [0.4, 0.5) is 10.1 Å². The van der Waals surface area contributed by atoms with Gasteiger partial charge < -0.3 is 15.8 Å². The number of nitrogens with two attached hydrogens (primary N) is 1. The second-order valence-corrected chi connectivity index (χ2v) is 5.21. The molecule has 0 aliphatic rings. The number of benzene rings is 2. The molecule has 2 aromatic carbocycles. The molecule has 0 aliphatic heterocycles. The van der Waals surface area contributed by atoms with Crippen molar-refractivity contribution >= 4 is 21.6 Å². The van der Waals surface area contributed by atoms with Crippen molar-refractivity contribution in [2.24, 2.45) is 5.73 Å². The molecule has 1 unspecified atom stereocenters. The first kappa shape index (κ1) is 14.8. The van der Waals surface area contributed by atoms with E-state index in [2.05, 4.69) is 21.2 Å². The van der Waals surface area contributed by atoms with E-state index in [0.29, 0.717) is 11.3 Å². The number of methoxy groups -OCH3 is 1. The number of hydrogen-bond donors (Lipinski definition) is 2. The summed E-state index contributed by atoms with van der Waals surface area (Å²) in [6.07, 6.45) is 0. The average Bonchev–Trinajstić information content (AvgIpc) is 2.48. The molecule has 0 spiro atoms. The van der Waals surface area contributed by atoms with E-state index in [9.17, 15) is 4.39 Å². The third-order valence-electron chi connectivity index (χ3n) is 3.01. The number of rotatable bonds is 5. The maximum atomic E-state index is 13.9. The van der Waals surface area contributed by atoms with Gasteiger partial charge >= 0.3 is 0 Å². The van der Waals surface area contributed by atoms with E-state index in [1.54, 1.807) is 19.2 Å². The largest absolute Gasteiger partial charge is 0.495 e. The first-order chi connectivity index (χ1) is 9.65. The van der Waals surface area contributed by atoms with Crippen molar-refractivity contribution in [3.05, 3.63) is 58.3 Å². The summed E-state index contributed by atoms with van der Waals surface area (Å²) in [4.78, 5) is 0. The summed E-state index contributed by atoms with van der Waals surface area (Å²) in [6.45, 7) is 0.269. The molecule has 3 N–H and O–H groups in total. The Balaban J connectivity index is 2.31. The predicted octanol–water partition coefficient (Wildman–Crippen LogP) is 3.71. The zero-order chi connectivity index (χ0) is 14.5. The van der Waals surface area contributed by atoms with E-state index in [1.165, 1.54) is 6.07 Å². The maximum absolute atomic E-state index is 13.9. The van der Waals surface area contributed by atoms with E-state index >= 15 is 0 Å². The Labute approximate surface area is 126 Å². The summed E-state index contributed by atoms with van der Waals surface area (Å²) >= 11 is 3.35. The molecular formula is C15H16BrFN2O. The first-order valence-corrected chi connectivity index (χ1v) is 6.99. The van der Waals surface area contributed by atoms with Crippen LogP contribution in [0.2, 0.25) is 0 Å². The number of para-hydroxylation sites is 2. The zero-order valence-corrected chi connectivity index (χ0v) is 12.7. The van der Waals surface area contributed by atoms with Crippen molar-refractivity contribution in [3.8, 4) is 5.75 Å². The Kier molecular flexibility index (Phi) is 4.98. The number of halogens is 2. The van der Waals surface area contributed by atoms with Crippen molar-refractivity contribution in [1.82, 2.24) is 0 Å². The SMILES string of the molecule is COc1ccccc1NC(CN)c1cc(Br)ccc1F. The summed E-state index contributed by atoms with van der Waals surface area (Å²) in [5.74, 6) is 0.410. The number of nitrogens with one attached hydrogen (secondary N) is 1. The number of ether oxygens (including phenoxy) is 1. The summed E-state index contributed by atoms with van der Waals surface area (Å²) in [5.41, 5.74) is 7.08. The standard InChI is InChI=1S/C15H16BrFN2O/c1-20-15-5-3-2-4-13(15)19-14(9-18)11-8-10(16)6-7-12(11)17/h2-8,14,19H,9,18H2,1H3. The monoisotopic (exact) mass is 338 g/mol.